The minimum absolute atomic E-state index is 0.0465. The van der Waals surface area contributed by atoms with Crippen molar-refractivity contribution < 1.29 is 4.74 Å². The van der Waals surface area contributed by atoms with Gasteiger partial charge in [-0.15, -0.1) is 0 Å². The standard InChI is InChI=1S/C13H17BrN2O/c1-13(2,16(3)4)9-17-12-6-10(8-15)5-11(14)7-12/h5-7H,9H2,1-4H3. The Morgan fingerprint density at radius 1 is 1.35 bits per heavy atom. The zero-order chi connectivity index (χ0) is 13.1. The van der Waals surface area contributed by atoms with Crippen LogP contribution in [0.2, 0.25) is 0 Å². The molecule has 0 unspecified atom stereocenters. The van der Waals surface area contributed by atoms with E-state index >= 15 is 0 Å². The van der Waals surface area contributed by atoms with Crippen LogP contribution < -0.4 is 4.74 Å². The first-order chi connectivity index (χ1) is 7.85. The number of nitriles is 1. The number of benzene rings is 1. The Bertz CT molecular complexity index is 436. The van der Waals surface area contributed by atoms with Crippen molar-refractivity contribution in [3.8, 4) is 11.8 Å². The van der Waals surface area contributed by atoms with E-state index in [4.69, 9.17) is 10.00 Å². The summed E-state index contributed by atoms with van der Waals surface area (Å²) in [4.78, 5) is 2.11. The van der Waals surface area contributed by atoms with Crippen LogP contribution in [-0.4, -0.2) is 31.1 Å². The fourth-order valence-electron chi connectivity index (χ4n) is 1.10. The van der Waals surface area contributed by atoms with Gasteiger partial charge in [0, 0.05) is 10.0 Å². The van der Waals surface area contributed by atoms with Crippen LogP contribution in [0.3, 0.4) is 0 Å². The lowest BCUT2D eigenvalue weighted by molar-refractivity contribution is 0.114. The fourth-order valence-corrected chi connectivity index (χ4v) is 1.57. The third-order valence-corrected chi connectivity index (χ3v) is 3.26. The maximum absolute atomic E-state index is 8.87. The van der Waals surface area contributed by atoms with E-state index in [0.717, 1.165) is 4.47 Å². The predicted molar refractivity (Wildman–Crippen MR) is 72.1 cm³/mol. The number of ether oxygens (including phenoxy) is 1. The van der Waals surface area contributed by atoms with E-state index in [-0.39, 0.29) is 5.54 Å². The summed E-state index contributed by atoms with van der Waals surface area (Å²) in [5.41, 5.74) is 0.548. The van der Waals surface area contributed by atoms with E-state index in [1.54, 1.807) is 12.1 Å². The van der Waals surface area contributed by atoms with Crippen molar-refractivity contribution in [2.75, 3.05) is 20.7 Å². The topological polar surface area (TPSA) is 36.3 Å². The SMILES string of the molecule is CN(C)C(C)(C)COc1cc(Br)cc(C#N)c1. The number of nitrogens with zero attached hydrogens (tertiary/aromatic N) is 2. The molecule has 0 aliphatic heterocycles. The van der Waals surface area contributed by atoms with Crippen LogP contribution in [-0.2, 0) is 0 Å². The van der Waals surface area contributed by atoms with Gasteiger partial charge in [0.15, 0.2) is 0 Å². The molecule has 0 saturated carbocycles. The molecular weight excluding hydrogens is 280 g/mol. The molecule has 0 aromatic heterocycles. The second kappa shape index (κ2) is 5.52. The molecule has 0 fully saturated rings. The first-order valence-corrected chi connectivity index (χ1v) is 6.15. The Balaban J connectivity index is 2.77. The van der Waals surface area contributed by atoms with Gasteiger partial charge in [-0.05, 0) is 46.1 Å². The van der Waals surface area contributed by atoms with Crippen LogP contribution in [0.5, 0.6) is 5.75 Å². The van der Waals surface area contributed by atoms with Crippen molar-refractivity contribution in [2.45, 2.75) is 19.4 Å². The van der Waals surface area contributed by atoms with Gasteiger partial charge in [-0.3, -0.25) is 0 Å². The quantitative estimate of drug-likeness (QED) is 0.857. The van der Waals surface area contributed by atoms with Gasteiger partial charge in [0.05, 0.1) is 11.6 Å². The molecule has 92 valence electrons. The zero-order valence-electron chi connectivity index (χ0n) is 10.6. The molecule has 0 N–H and O–H groups in total. The summed E-state index contributed by atoms with van der Waals surface area (Å²) in [5.74, 6) is 0.714. The molecule has 0 atom stereocenters. The smallest absolute Gasteiger partial charge is 0.121 e. The Morgan fingerprint density at radius 3 is 2.53 bits per heavy atom. The predicted octanol–water partition coefficient (Wildman–Crippen LogP) is 3.04. The third kappa shape index (κ3) is 4.03. The van der Waals surface area contributed by atoms with Crippen LogP contribution in [0.25, 0.3) is 0 Å². The van der Waals surface area contributed by atoms with Gasteiger partial charge in [0.2, 0.25) is 0 Å². The molecule has 0 saturated heterocycles. The lowest BCUT2D eigenvalue weighted by Gasteiger charge is -2.32. The highest BCUT2D eigenvalue weighted by Crippen LogP contribution is 2.22. The average Bonchev–Trinajstić information content (AvgIpc) is 2.25. The molecule has 0 heterocycles. The largest absolute Gasteiger partial charge is 0.492 e. The van der Waals surface area contributed by atoms with Crippen molar-refractivity contribution in [1.82, 2.24) is 4.90 Å². The average molecular weight is 297 g/mol. The van der Waals surface area contributed by atoms with E-state index in [9.17, 15) is 0 Å². The molecule has 1 aromatic carbocycles. The highest BCUT2D eigenvalue weighted by Gasteiger charge is 2.21. The first-order valence-electron chi connectivity index (χ1n) is 5.36. The minimum atomic E-state index is -0.0465. The van der Waals surface area contributed by atoms with Crippen molar-refractivity contribution in [2.24, 2.45) is 0 Å². The number of likely N-dealkylation sites (N-methyl/N-ethyl adjacent to an activating group) is 1. The summed E-state index contributed by atoms with van der Waals surface area (Å²) in [5, 5.41) is 8.87. The molecule has 0 aliphatic rings. The molecule has 0 aliphatic carbocycles. The number of halogens is 1. The van der Waals surface area contributed by atoms with Crippen molar-refractivity contribution >= 4 is 15.9 Å². The molecule has 0 amide bonds. The van der Waals surface area contributed by atoms with Crippen molar-refractivity contribution in [1.29, 1.82) is 5.26 Å². The second-order valence-electron chi connectivity index (χ2n) is 4.78. The molecule has 1 aromatic rings. The van der Waals surface area contributed by atoms with Crippen LogP contribution in [0.15, 0.2) is 22.7 Å². The zero-order valence-corrected chi connectivity index (χ0v) is 12.2. The van der Waals surface area contributed by atoms with Gasteiger partial charge in [-0.1, -0.05) is 15.9 Å². The normalized spacial score (nSPS) is 11.4. The van der Waals surface area contributed by atoms with E-state index in [0.29, 0.717) is 17.9 Å². The molecule has 4 heteroatoms. The Labute approximate surface area is 111 Å². The van der Waals surface area contributed by atoms with Crippen LogP contribution in [0, 0.1) is 11.3 Å². The summed E-state index contributed by atoms with van der Waals surface area (Å²) >= 11 is 3.36. The van der Waals surface area contributed by atoms with Crippen LogP contribution >= 0.6 is 15.9 Å². The monoisotopic (exact) mass is 296 g/mol. The van der Waals surface area contributed by atoms with Gasteiger partial charge in [0.1, 0.15) is 12.4 Å². The summed E-state index contributed by atoms with van der Waals surface area (Å²) in [6.45, 7) is 4.79. The summed E-state index contributed by atoms with van der Waals surface area (Å²) in [7, 11) is 4.04. The van der Waals surface area contributed by atoms with Gasteiger partial charge in [-0.2, -0.15) is 5.26 Å². The van der Waals surface area contributed by atoms with E-state index in [2.05, 4.69) is 40.7 Å². The third-order valence-electron chi connectivity index (χ3n) is 2.80. The number of rotatable bonds is 4. The van der Waals surface area contributed by atoms with Gasteiger partial charge < -0.3 is 9.64 Å². The highest BCUT2D eigenvalue weighted by atomic mass is 79.9. The summed E-state index contributed by atoms with van der Waals surface area (Å²) < 4.78 is 6.59. The van der Waals surface area contributed by atoms with Crippen molar-refractivity contribution in [3.63, 3.8) is 0 Å². The molecule has 0 radical (unpaired) electrons. The molecule has 0 bridgehead atoms. The number of hydrogen-bond donors (Lipinski definition) is 0. The maximum Gasteiger partial charge on any atom is 0.121 e. The van der Waals surface area contributed by atoms with Crippen LogP contribution in [0.1, 0.15) is 19.4 Å². The molecule has 3 nitrogen and oxygen atoms in total. The lowest BCUT2D eigenvalue weighted by atomic mass is 10.1. The summed E-state index contributed by atoms with van der Waals surface area (Å²) in [6, 6.07) is 7.49. The fraction of sp³-hybridized carbons (Fsp3) is 0.462. The minimum Gasteiger partial charge on any atom is -0.492 e. The molecular formula is C13H17BrN2O. The highest BCUT2D eigenvalue weighted by molar-refractivity contribution is 9.10. The van der Waals surface area contributed by atoms with E-state index in [1.807, 2.05) is 20.2 Å². The lowest BCUT2D eigenvalue weighted by Crippen LogP contribution is -2.43. The molecule has 0 spiro atoms. The van der Waals surface area contributed by atoms with E-state index < -0.39 is 0 Å². The van der Waals surface area contributed by atoms with Gasteiger partial charge in [0.25, 0.3) is 0 Å². The first kappa shape index (κ1) is 14.0. The van der Waals surface area contributed by atoms with Gasteiger partial charge >= 0.3 is 0 Å². The summed E-state index contributed by atoms with van der Waals surface area (Å²) in [6.07, 6.45) is 0. The van der Waals surface area contributed by atoms with Gasteiger partial charge in [-0.25, -0.2) is 0 Å². The van der Waals surface area contributed by atoms with E-state index in [1.165, 1.54) is 0 Å². The Morgan fingerprint density at radius 2 is 2.00 bits per heavy atom. The second-order valence-corrected chi connectivity index (χ2v) is 5.70. The molecule has 17 heavy (non-hydrogen) atoms. The van der Waals surface area contributed by atoms with Crippen molar-refractivity contribution in [3.05, 3.63) is 28.2 Å². The Hall–Kier alpha value is -1.05. The number of hydrogen-bond acceptors (Lipinski definition) is 3. The Kier molecular flexibility index (Phi) is 4.55. The molecule has 1 rings (SSSR count). The maximum atomic E-state index is 8.87. The van der Waals surface area contributed by atoms with Crippen LogP contribution in [0.4, 0.5) is 0 Å².